The first-order valence-electron chi connectivity index (χ1n) is 6.58. The number of hydrogen-bond donors (Lipinski definition) is 1. The van der Waals surface area contributed by atoms with Crippen LogP contribution in [0.25, 0.3) is 0 Å². The van der Waals surface area contributed by atoms with Crippen molar-refractivity contribution in [2.75, 3.05) is 12.4 Å². The van der Waals surface area contributed by atoms with Crippen LogP contribution in [0.3, 0.4) is 0 Å². The first kappa shape index (κ1) is 13.5. The lowest BCUT2D eigenvalue weighted by Crippen LogP contribution is -2.09. The van der Waals surface area contributed by atoms with Crippen LogP contribution in [0.5, 0.6) is 5.75 Å². The number of hydrogen-bond acceptors (Lipinski definition) is 2. The summed E-state index contributed by atoms with van der Waals surface area (Å²) in [5.41, 5.74) is 4.87. The molecule has 0 saturated carbocycles. The van der Waals surface area contributed by atoms with E-state index in [2.05, 4.69) is 62.5 Å². The van der Waals surface area contributed by atoms with Crippen LogP contribution in [0.1, 0.15) is 29.7 Å². The summed E-state index contributed by atoms with van der Waals surface area (Å²) >= 11 is 0. The van der Waals surface area contributed by atoms with E-state index in [1.54, 1.807) is 7.11 Å². The second-order valence-corrected chi connectivity index (χ2v) is 4.93. The lowest BCUT2D eigenvalue weighted by atomic mass is 10.0. The van der Waals surface area contributed by atoms with Crippen molar-refractivity contribution in [3.05, 3.63) is 59.2 Å². The minimum absolute atomic E-state index is 0.247. The monoisotopic (exact) mass is 255 g/mol. The molecule has 2 rings (SSSR count). The molecule has 2 nitrogen and oxygen atoms in total. The van der Waals surface area contributed by atoms with Gasteiger partial charge >= 0.3 is 0 Å². The third-order valence-corrected chi connectivity index (χ3v) is 3.38. The number of benzene rings is 2. The average Bonchev–Trinajstić information content (AvgIpc) is 2.39. The summed E-state index contributed by atoms with van der Waals surface area (Å²) in [5, 5.41) is 3.53. The van der Waals surface area contributed by atoms with Gasteiger partial charge in [-0.2, -0.15) is 0 Å². The normalized spacial score (nSPS) is 12.0. The van der Waals surface area contributed by atoms with Crippen molar-refractivity contribution in [1.82, 2.24) is 0 Å². The van der Waals surface area contributed by atoms with Crippen LogP contribution in [0.15, 0.2) is 42.5 Å². The van der Waals surface area contributed by atoms with Crippen LogP contribution in [-0.4, -0.2) is 7.11 Å². The van der Waals surface area contributed by atoms with E-state index in [1.165, 1.54) is 16.7 Å². The first-order valence-corrected chi connectivity index (χ1v) is 6.58. The quantitative estimate of drug-likeness (QED) is 0.869. The second-order valence-electron chi connectivity index (χ2n) is 4.93. The topological polar surface area (TPSA) is 21.3 Å². The summed E-state index contributed by atoms with van der Waals surface area (Å²) in [5.74, 6) is 0.881. The van der Waals surface area contributed by atoms with Gasteiger partial charge in [-0.25, -0.2) is 0 Å². The number of anilines is 1. The molecule has 100 valence electrons. The Morgan fingerprint density at radius 1 is 1.05 bits per heavy atom. The van der Waals surface area contributed by atoms with E-state index in [4.69, 9.17) is 4.74 Å². The lowest BCUT2D eigenvalue weighted by molar-refractivity contribution is 0.416. The Hall–Kier alpha value is -1.96. The SMILES string of the molecule is COc1ccc(C)cc1NC(C)c1ccccc1C. The highest BCUT2D eigenvalue weighted by atomic mass is 16.5. The fraction of sp³-hybridized carbons (Fsp3) is 0.294. The molecule has 0 aliphatic carbocycles. The zero-order valence-electron chi connectivity index (χ0n) is 12.0. The van der Waals surface area contributed by atoms with E-state index in [0.717, 1.165) is 11.4 Å². The molecule has 0 aliphatic heterocycles. The molecule has 2 aromatic carbocycles. The van der Waals surface area contributed by atoms with E-state index in [0.29, 0.717) is 0 Å². The van der Waals surface area contributed by atoms with Gasteiger partial charge in [-0.1, -0.05) is 30.3 Å². The summed E-state index contributed by atoms with van der Waals surface area (Å²) < 4.78 is 5.40. The van der Waals surface area contributed by atoms with Crippen LogP contribution in [0.4, 0.5) is 5.69 Å². The van der Waals surface area contributed by atoms with Crippen molar-refractivity contribution in [1.29, 1.82) is 0 Å². The average molecular weight is 255 g/mol. The molecule has 19 heavy (non-hydrogen) atoms. The molecule has 0 spiro atoms. The second kappa shape index (κ2) is 5.79. The summed E-state index contributed by atoms with van der Waals surface area (Å²) in [7, 11) is 1.70. The number of nitrogens with one attached hydrogen (secondary N) is 1. The van der Waals surface area contributed by atoms with Crippen molar-refractivity contribution in [3.63, 3.8) is 0 Å². The minimum atomic E-state index is 0.247. The molecule has 0 amide bonds. The number of aryl methyl sites for hydroxylation is 2. The van der Waals surface area contributed by atoms with Crippen LogP contribution < -0.4 is 10.1 Å². The third-order valence-electron chi connectivity index (χ3n) is 3.38. The zero-order chi connectivity index (χ0) is 13.8. The fourth-order valence-corrected chi connectivity index (χ4v) is 2.32. The maximum absolute atomic E-state index is 5.40. The van der Waals surface area contributed by atoms with Gasteiger partial charge in [0.25, 0.3) is 0 Å². The summed E-state index contributed by atoms with van der Waals surface area (Å²) in [6, 6.07) is 14.9. The molecular weight excluding hydrogens is 234 g/mol. The lowest BCUT2D eigenvalue weighted by Gasteiger charge is -2.20. The van der Waals surface area contributed by atoms with Gasteiger partial charge in [-0.3, -0.25) is 0 Å². The van der Waals surface area contributed by atoms with E-state index < -0.39 is 0 Å². The maximum Gasteiger partial charge on any atom is 0.141 e. The van der Waals surface area contributed by atoms with Crippen molar-refractivity contribution in [2.45, 2.75) is 26.8 Å². The van der Waals surface area contributed by atoms with Gasteiger partial charge in [0.2, 0.25) is 0 Å². The largest absolute Gasteiger partial charge is 0.495 e. The molecule has 0 bridgehead atoms. The van der Waals surface area contributed by atoms with Gasteiger partial charge in [-0.15, -0.1) is 0 Å². The molecule has 0 fully saturated rings. The highest BCUT2D eigenvalue weighted by molar-refractivity contribution is 5.59. The van der Waals surface area contributed by atoms with Crippen LogP contribution in [0, 0.1) is 13.8 Å². The van der Waals surface area contributed by atoms with Gasteiger partial charge in [0.1, 0.15) is 5.75 Å². The highest BCUT2D eigenvalue weighted by Crippen LogP contribution is 2.29. The molecular formula is C17H21NO. The molecule has 0 heterocycles. The van der Waals surface area contributed by atoms with Gasteiger partial charge in [0.15, 0.2) is 0 Å². The van der Waals surface area contributed by atoms with Crippen LogP contribution >= 0.6 is 0 Å². The molecule has 2 heteroatoms. The van der Waals surface area contributed by atoms with Crippen LogP contribution in [-0.2, 0) is 0 Å². The highest BCUT2D eigenvalue weighted by Gasteiger charge is 2.10. The summed E-state index contributed by atoms with van der Waals surface area (Å²) in [4.78, 5) is 0. The predicted molar refractivity (Wildman–Crippen MR) is 80.9 cm³/mol. The predicted octanol–water partition coefficient (Wildman–Crippen LogP) is 4.49. The van der Waals surface area contributed by atoms with Crippen LogP contribution in [0.2, 0.25) is 0 Å². The Morgan fingerprint density at radius 2 is 1.79 bits per heavy atom. The van der Waals surface area contributed by atoms with E-state index in [9.17, 15) is 0 Å². The molecule has 1 unspecified atom stereocenters. The van der Waals surface area contributed by atoms with Gasteiger partial charge in [-0.05, 0) is 49.6 Å². The van der Waals surface area contributed by atoms with Gasteiger partial charge in [0.05, 0.1) is 12.8 Å². The Kier molecular flexibility index (Phi) is 4.10. The fourth-order valence-electron chi connectivity index (χ4n) is 2.32. The molecule has 1 N–H and O–H groups in total. The standard InChI is InChI=1S/C17H21NO/c1-12-9-10-17(19-4)16(11-12)18-14(3)15-8-6-5-7-13(15)2/h5-11,14,18H,1-4H3. The molecule has 1 atom stereocenters. The van der Waals surface area contributed by atoms with Crippen molar-refractivity contribution in [2.24, 2.45) is 0 Å². The first-order chi connectivity index (χ1) is 9.11. The minimum Gasteiger partial charge on any atom is -0.495 e. The Labute approximate surface area is 115 Å². The number of rotatable bonds is 4. The van der Waals surface area contributed by atoms with E-state index >= 15 is 0 Å². The van der Waals surface area contributed by atoms with Crippen molar-refractivity contribution in [3.8, 4) is 5.75 Å². The Balaban J connectivity index is 2.26. The van der Waals surface area contributed by atoms with Crippen molar-refractivity contribution < 1.29 is 4.74 Å². The zero-order valence-corrected chi connectivity index (χ0v) is 12.0. The molecule has 0 aliphatic rings. The number of methoxy groups -OCH3 is 1. The molecule has 0 saturated heterocycles. The Morgan fingerprint density at radius 3 is 2.47 bits per heavy atom. The van der Waals surface area contributed by atoms with Gasteiger partial charge < -0.3 is 10.1 Å². The van der Waals surface area contributed by atoms with E-state index in [-0.39, 0.29) is 6.04 Å². The summed E-state index contributed by atoms with van der Waals surface area (Å²) in [6.07, 6.45) is 0. The molecule has 2 aromatic rings. The third kappa shape index (κ3) is 3.08. The van der Waals surface area contributed by atoms with Gasteiger partial charge in [0, 0.05) is 6.04 Å². The summed E-state index contributed by atoms with van der Waals surface area (Å²) in [6.45, 7) is 6.40. The maximum atomic E-state index is 5.40. The van der Waals surface area contributed by atoms with Crippen molar-refractivity contribution >= 4 is 5.69 Å². The van der Waals surface area contributed by atoms with E-state index in [1.807, 2.05) is 6.07 Å². The number of ether oxygens (including phenoxy) is 1. The smallest absolute Gasteiger partial charge is 0.141 e. The molecule has 0 aromatic heterocycles. The Bertz CT molecular complexity index is 563. The molecule has 0 radical (unpaired) electrons.